The number of rotatable bonds is 4. The lowest BCUT2D eigenvalue weighted by Gasteiger charge is -2.03. The molecule has 0 aliphatic rings. The Morgan fingerprint density at radius 3 is 2.85 bits per heavy atom. The van der Waals surface area contributed by atoms with E-state index in [-0.39, 0.29) is 6.61 Å². The van der Waals surface area contributed by atoms with E-state index in [0.29, 0.717) is 23.4 Å². The van der Waals surface area contributed by atoms with Crippen molar-refractivity contribution in [3.05, 3.63) is 34.3 Å². The molecule has 2 nitrogen and oxygen atoms in total. The fourth-order valence-corrected chi connectivity index (χ4v) is 1.31. The Morgan fingerprint density at radius 2 is 2.23 bits per heavy atom. The number of aldehydes is 1. The quantitative estimate of drug-likeness (QED) is 0.752. The molecule has 0 atom stereocenters. The van der Waals surface area contributed by atoms with Crippen molar-refractivity contribution in [1.29, 1.82) is 0 Å². The molecule has 0 aliphatic heterocycles. The maximum absolute atomic E-state index is 10.1. The van der Waals surface area contributed by atoms with Gasteiger partial charge in [0.2, 0.25) is 0 Å². The van der Waals surface area contributed by atoms with Gasteiger partial charge in [-0.1, -0.05) is 23.7 Å². The van der Waals surface area contributed by atoms with Crippen LogP contribution in [0.25, 0.3) is 0 Å². The average Bonchev–Trinajstić information content (AvgIpc) is 2.16. The van der Waals surface area contributed by atoms with Gasteiger partial charge in [0, 0.05) is 11.4 Å². The highest BCUT2D eigenvalue weighted by molar-refractivity contribution is 6.31. The lowest BCUT2D eigenvalue weighted by Crippen LogP contribution is -1.90. The lowest BCUT2D eigenvalue weighted by molar-refractivity contribution is -0.107. The summed E-state index contributed by atoms with van der Waals surface area (Å²) in [6, 6.07) is 5.43. The highest BCUT2D eigenvalue weighted by atomic mass is 35.5. The van der Waals surface area contributed by atoms with Crippen LogP contribution in [0, 0.1) is 0 Å². The predicted octanol–water partition coefficient (Wildman–Crippen LogP) is 1.96. The number of carbonyl (C=O) groups is 1. The fourth-order valence-electron chi connectivity index (χ4n) is 1.13. The minimum absolute atomic E-state index is 0.0617. The van der Waals surface area contributed by atoms with Crippen LogP contribution in [0.3, 0.4) is 0 Å². The van der Waals surface area contributed by atoms with Crippen molar-refractivity contribution in [2.24, 2.45) is 0 Å². The Hall–Kier alpha value is -0.860. The second kappa shape index (κ2) is 5.00. The van der Waals surface area contributed by atoms with Crippen LogP contribution in [0.5, 0.6) is 0 Å². The van der Waals surface area contributed by atoms with Gasteiger partial charge in [0.05, 0.1) is 6.61 Å². The predicted molar refractivity (Wildman–Crippen MR) is 51.8 cm³/mol. The third kappa shape index (κ3) is 2.83. The molecule has 0 spiro atoms. The lowest BCUT2D eigenvalue weighted by atomic mass is 10.1. The molecule has 0 saturated carbocycles. The second-order valence-corrected chi connectivity index (χ2v) is 3.20. The van der Waals surface area contributed by atoms with Gasteiger partial charge in [-0.2, -0.15) is 0 Å². The van der Waals surface area contributed by atoms with E-state index in [4.69, 9.17) is 16.7 Å². The van der Waals surface area contributed by atoms with E-state index in [9.17, 15) is 4.79 Å². The van der Waals surface area contributed by atoms with Gasteiger partial charge in [-0.3, -0.25) is 0 Å². The number of hydrogen-bond donors (Lipinski definition) is 1. The van der Waals surface area contributed by atoms with Crippen molar-refractivity contribution in [1.82, 2.24) is 0 Å². The summed E-state index contributed by atoms with van der Waals surface area (Å²) in [4.78, 5) is 10.1. The molecule has 0 bridgehead atoms. The van der Waals surface area contributed by atoms with Gasteiger partial charge in [-0.15, -0.1) is 0 Å². The van der Waals surface area contributed by atoms with Gasteiger partial charge in [0.15, 0.2) is 0 Å². The summed E-state index contributed by atoms with van der Waals surface area (Å²) in [7, 11) is 0. The number of aliphatic hydroxyl groups excluding tert-OH is 1. The molecule has 0 radical (unpaired) electrons. The van der Waals surface area contributed by atoms with Gasteiger partial charge < -0.3 is 9.90 Å². The number of halogens is 1. The Kier molecular flexibility index (Phi) is 3.93. The average molecular weight is 199 g/mol. The molecule has 70 valence electrons. The number of aliphatic hydroxyl groups is 1. The summed E-state index contributed by atoms with van der Waals surface area (Å²) < 4.78 is 0. The van der Waals surface area contributed by atoms with Crippen LogP contribution in [0.4, 0.5) is 0 Å². The minimum atomic E-state index is -0.0617. The number of hydrogen-bond acceptors (Lipinski definition) is 2. The Balaban J connectivity index is 2.79. The van der Waals surface area contributed by atoms with Crippen LogP contribution in [0.1, 0.15) is 17.5 Å². The van der Waals surface area contributed by atoms with Crippen LogP contribution in [0.15, 0.2) is 18.2 Å². The van der Waals surface area contributed by atoms with Gasteiger partial charge in [-0.25, -0.2) is 0 Å². The van der Waals surface area contributed by atoms with E-state index in [1.54, 1.807) is 6.07 Å². The van der Waals surface area contributed by atoms with Gasteiger partial charge in [0.1, 0.15) is 6.29 Å². The number of aryl methyl sites for hydroxylation is 1. The summed E-state index contributed by atoms with van der Waals surface area (Å²) in [5, 5.41) is 9.48. The normalized spacial score (nSPS) is 10.0. The Bertz CT molecular complexity index is 297. The zero-order chi connectivity index (χ0) is 9.68. The summed E-state index contributed by atoms with van der Waals surface area (Å²) in [5.74, 6) is 0. The van der Waals surface area contributed by atoms with Crippen molar-refractivity contribution >= 4 is 17.9 Å². The summed E-state index contributed by atoms with van der Waals surface area (Å²) in [5.41, 5.74) is 1.74. The molecule has 1 N–H and O–H groups in total. The number of carbonyl (C=O) groups excluding carboxylic acids is 1. The van der Waals surface area contributed by atoms with Crippen molar-refractivity contribution in [2.75, 3.05) is 0 Å². The molecule has 1 aromatic rings. The van der Waals surface area contributed by atoms with Crippen molar-refractivity contribution in [2.45, 2.75) is 19.4 Å². The zero-order valence-corrected chi connectivity index (χ0v) is 7.92. The molecule has 1 aromatic carbocycles. The third-order valence-corrected chi connectivity index (χ3v) is 2.20. The van der Waals surface area contributed by atoms with Crippen molar-refractivity contribution in [3.8, 4) is 0 Å². The molecule has 0 amide bonds. The Labute approximate surface area is 82.2 Å². The fraction of sp³-hybridized carbons (Fsp3) is 0.300. The molecule has 13 heavy (non-hydrogen) atoms. The zero-order valence-electron chi connectivity index (χ0n) is 7.16. The van der Waals surface area contributed by atoms with E-state index in [1.807, 2.05) is 12.1 Å². The van der Waals surface area contributed by atoms with E-state index in [0.717, 1.165) is 11.8 Å². The maximum atomic E-state index is 10.1. The molecule has 1 rings (SSSR count). The first kappa shape index (κ1) is 10.2. The van der Waals surface area contributed by atoms with E-state index in [1.165, 1.54) is 0 Å². The number of benzene rings is 1. The highest BCUT2D eigenvalue weighted by Crippen LogP contribution is 2.18. The molecule has 0 heterocycles. The van der Waals surface area contributed by atoms with Crippen molar-refractivity contribution < 1.29 is 9.90 Å². The second-order valence-electron chi connectivity index (χ2n) is 2.79. The van der Waals surface area contributed by atoms with Crippen molar-refractivity contribution in [3.63, 3.8) is 0 Å². The molecule has 3 heteroatoms. The summed E-state index contributed by atoms with van der Waals surface area (Å²) in [6.07, 6.45) is 2.09. The van der Waals surface area contributed by atoms with Gasteiger partial charge >= 0.3 is 0 Å². The first-order valence-corrected chi connectivity index (χ1v) is 4.47. The monoisotopic (exact) mass is 198 g/mol. The first-order valence-electron chi connectivity index (χ1n) is 4.09. The SMILES string of the molecule is O=CCCc1ccc(Cl)c(CO)c1. The molecular formula is C10H11ClO2. The van der Waals surface area contributed by atoms with Crippen LogP contribution >= 0.6 is 11.6 Å². The van der Waals surface area contributed by atoms with E-state index in [2.05, 4.69) is 0 Å². The standard InChI is InChI=1S/C10H11ClO2/c11-10-4-3-8(2-1-5-12)6-9(10)7-13/h3-6,13H,1-2,7H2. The molecule has 0 unspecified atom stereocenters. The van der Waals surface area contributed by atoms with E-state index >= 15 is 0 Å². The third-order valence-electron chi connectivity index (χ3n) is 1.83. The molecule has 0 fully saturated rings. The molecule has 0 saturated heterocycles. The smallest absolute Gasteiger partial charge is 0.120 e. The Morgan fingerprint density at radius 1 is 1.46 bits per heavy atom. The maximum Gasteiger partial charge on any atom is 0.120 e. The first-order chi connectivity index (χ1) is 6.27. The van der Waals surface area contributed by atoms with Gasteiger partial charge in [-0.05, 0) is 23.6 Å². The topological polar surface area (TPSA) is 37.3 Å². The van der Waals surface area contributed by atoms with E-state index < -0.39 is 0 Å². The van der Waals surface area contributed by atoms with Crippen LogP contribution in [0.2, 0.25) is 5.02 Å². The summed E-state index contributed by atoms with van der Waals surface area (Å²) in [6.45, 7) is -0.0617. The van der Waals surface area contributed by atoms with Crippen LogP contribution in [-0.4, -0.2) is 11.4 Å². The minimum Gasteiger partial charge on any atom is -0.392 e. The van der Waals surface area contributed by atoms with Gasteiger partial charge in [0.25, 0.3) is 0 Å². The highest BCUT2D eigenvalue weighted by Gasteiger charge is 2.00. The molecule has 0 aromatic heterocycles. The largest absolute Gasteiger partial charge is 0.392 e. The molecular weight excluding hydrogens is 188 g/mol. The summed E-state index contributed by atoms with van der Waals surface area (Å²) >= 11 is 5.80. The van der Waals surface area contributed by atoms with Crippen LogP contribution in [-0.2, 0) is 17.8 Å². The molecule has 0 aliphatic carbocycles. The van der Waals surface area contributed by atoms with Crippen LogP contribution < -0.4 is 0 Å².